The molecule has 4 N–H and O–H groups in total. The molecule has 11 heteroatoms. The molecule has 0 saturated heterocycles. The molecular weight excluding hydrogens is 296 g/mol. The number of anilines is 1. The van der Waals surface area contributed by atoms with Crippen molar-refractivity contribution in [1.29, 1.82) is 0 Å². The zero-order valence-corrected chi connectivity index (χ0v) is 10.2. The second-order valence-electron chi connectivity index (χ2n) is 3.73. The van der Waals surface area contributed by atoms with Gasteiger partial charge in [-0.3, -0.25) is 10.1 Å². The first-order chi connectivity index (χ1) is 9.72. The molecule has 9 nitrogen and oxygen atoms in total. The van der Waals surface area contributed by atoms with E-state index >= 15 is 0 Å². The van der Waals surface area contributed by atoms with Crippen molar-refractivity contribution in [3.05, 3.63) is 33.9 Å². The predicted octanol–water partition coefficient (Wildman–Crippen LogP) is 0.440. The molecule has 0 saturated carbocycles. The number of rotatable bonds is 5. The van der Waals surface area contributed by atoms with Gasteiger partial charge in [0.1, 0.15) is 5.82 Å². The number of carbonyl (C=O) groups is 2. The standard InChI is InChI=1S/C10H9F2N3O6/c11-4-1-5(12)7(15(20)21)2-6(4)14-10(19)13-3-8(16)9(17)18/h1-2,8,16H,3H2,(H,17,18)(H2,13,14,19)/t8-/m0/s1. The summed E-state index contributed by atoms with van der Waals surface area (Å²) in [7, 11) is 0. The number of nitrogens with one attached hydrogen (secondary N) is 2. The molecule has 0 aliphatic heterocycles. The summed E-state index contributed by atoms with van der Waals surface area (Å²) >= 11 is 0. The van der Waals surface area contributed by atoms with Gasteiger partial charge < -0.3 is 20.8 Å². The summed E-state index contributed by atoms with van der Waals surface area (Å²) < 4.78 is 26.4. The van der Waals surface area contributed by atoms with E-state index in [4.69, 9.17) is 10.2 Å². The second kappa shape index (κ2) is 6.56. The number of nitrogens with zero attached hydrogens (tertiary/aromatic N) is 1. The molecule has 0 aromatic heterocycles. The SMILES string of the molecule is O=C(NC[C@H](O)C(=O)O)Nc1cc([N+](=O)[O-])c(F)cc1F. The molecule has 0 radical (unpaired) electrons. The van der Waals surface area contributed by atoms with E-state index in [1.54, 1.807) is 0 Å². The minimum Gasteiger partial charge on any atom is -0.479 e. The fourth-order valence-corrected chi connectivity index (χ4v) is 1.22. The third-order valence-corrected chi connectivity index (χ3v) is 2.22. The topological polar surface area (TPSA) is 142 Å². The number of carbonyl (C=O) groups excluding carboxylic acids is 1. The lowest BCUT2D eigenvalue weighted by Gasteiger charge is -2.10. The van der Waals surface area contributed by atoms with Gasteiger partial charge in [0.15, 0.2) is 6.10 Å². The van der Waals surface area contributed by atoms with Gasteiger partial charge in [0.05, 0.1) is 17.2 Å². The summed E-state index contributed by atoms with van der Waals surface area (Å²) in [4.78, 5) is 31.0. The number of hydrogen-bond donors (Lipinski definition) is 4. The van der Waals surface area contributed by atoms with Crippen LogP contribution in [0, 0.1) is 21.7 Å². The lowest BCUT2D eigenvalue weighted by molar-refractivity contribution is -0.387. The largest absolute Gasteiger partial charge is 0.479 e. The first-order valence-electron chi connectivity index (χ1n) is 5.31. The average molecular weight is 305 g/mol. The Bertz CT molecular complexity index is 594. The number of halogens is 2. The number of aliphatic hydroxyl groups is 1. The zero-order valence-electron chi connectivity index (χ0n) is 10.2. The minimum absolute atomic E-state index is 0.222. The Morgan fingerprint density at radius 3 is 2.48 bits per heavy atom. The first-order valence-corrected chi connectivity index (χ1v) is 5.31. The number of amides is 2. The highest BCUT2D eigenvalue weighted by atomic mass is 19.1. The molecule has 0 bridgehead atoms. The third kappa shape index (κ3) is 4.35. The van der Waals surface area contributed by atoms with Gasteiger partial charge in [0, 0.05) is 12.1 Å². The van der Waals surface area contributed by atoms with Crippen molar-refractivity contribution in [3.8, 4) is 0 Å². The zero-order chi connectivity index (χ0) is 16.2. The maximum atomic E-state index is 13.3. The van der Waals surface area contributed by atoms with Gasteiger partial charge in [0.2, 0.25) is 5.82 Å². The van der Waals surface area contributed by atoms with E-state index in [1.165, 1.54) is 0 Å². The van der Waals surface area contributed by atoms with Gasteiger partial charge in [-0.25, -0.2) is 14.0 Å². The van der Waals surface area contributed by atoms with Crippen LogP contribution in [0.4, 0.5) is 25.0 Å². The van der Waals surface area contributed by atoms with Gasteiger partial charge in [-0.1, -0.05) is 0 Å². The molecule has 114 valence electrons. The molecule has 21 heavy (non-hydrogen) atoms. The molecule has 0 spiro atoms. The number of carboxylic acid groups (broad SMARTS) is 1. The Balaban J connectivity index is 2.78. The summed E-state index contributed by atoms with van der Waals surface area (Å²) in [6.07, 6.45) is -1.87. The molecule has 1 atom stereocenters. The molecule has 0 heterocycles. The summed E-state index contributed by atoms with van der Waals surface area (Å²) in [6.45, 7) is -0.675. The molecule has 1 aromatic carbocycles. The highest BCUT2D eigenvalue weighted by Crippen LogP contribution is 2.24. The molecular formula is C10H9F2N3O6. The van der Waals surface area contributed by atoms with E-state index < -0.39 is 52.6 Å². The maximum Gasteiger partial charge on any atom is 0.334 e. The van der Waals surface area contributed by atoms with E-state index in [2.05, 4.69) is 0 Å². The van der Waals surface area contributed by atoms with Crippen molar-refractivity contribution in [2.24, 2.45) is 0 Å². The van der Waals surface area contributed by atoms with Crippen LogP contribution >= 0.6 is 0 Å². The van der Waals surface area contributed by atoms with Crippen molar-refractivity contribution in [1.82, 2.24) is 5.32 Å². The highest BCUT2D eigenvalue weighted by molar-refractivity contribution is 5.90. The Morgan fingerprint density at radius 2 is 1.95 bits per heavy atom. The number of aliphatic carboxylic acids is 1. The fourth-order valence-electron chi connectivity index (χ4n) is 1.22. The van der Waals surface area contributed by atoms with Crippen LogP contribution in [0.5, 0.6) is 0 Å². The average Bonchev–Trinajstić information content (AvgIpc) is 2.38. The van der Waals surface area contributed by atoms with Gasteiger partial charge in [-0.2, -0.15) is 4.39 Å². The van der Waals surface area contributed by atoms with Gasteiger partial charge >= 0.3 is 17.7 Å². The Kier molecular flexibility index (Phi) is 5.07. The van der Waals surface area contributed by atoms with E-state index in [9.17, 15) is 28.5 Å². The fraction of sp³-hybridized carbons (Fsp3) is 0.200. The van der Waals surface area contributed by atoms with Crippen LogP contribution in [-0.4, -0.2) is 39.8 Å². The smallest absolute Gasteiger partial charge is 0.334 e. The number of nitro groups is 1. The van der Waals surface area contributed by atoms with Crippen LogP contribution in [0.25, 0.3) is 0 Å². The summed E-state index contributed by atoms with van der Waals surface area (Å²) in [5.41, 5.74) is -1.72. The van der Waals surface area contributed by atoms with Gasteiger partial charge in [-0.05, 0) is 0 Å². The van der Waals surface area contributed by atoms with E-state index in [1.807, 2.05) is 10.6 Å². The highest BCUT2D eigenvalue weighted by Gasteiger charge is 2.20. The molecule has 1 rings (SSSR count). The summed E-state index contributed by atoms with van der Waals surface area (Å²) in [5.74, 6) is -4.25. The van der Waals surface area contributed by atoms with Crippen molar-refractivity contribution in [2.45, 2.75) is 6.10 Å². The predicted molar refractivity (Wildman–Crippen MR) is 63.7 cm³/mol. The monoisotopic (exact) mass is 305 g/mol. The van der Waals surface area contributed by atoms with Crippen molar-refractivity contribution < 1.29 is 33.5 Å². The summed E-state index contributed by atoms with van der Waals surface area (Å²) in [6, 6.07) is -0.437. The van der Waals surface area contributed by atoms with Crippen molar-refractivity contribution in [2.75, 3.05) is 11.9 Å². The second-order valence-corrected chi connectivity index (χ2v) is 3.73. The molecule has 0 aliphatic carbocycles. The Labute approximate surface area is 115 Å². The number of carboxylic acids is 1. The van der Waals surface area contributed by atoms with Crippen LogP contribution in [0.15, 0.2) is 12.1 Å². The summed E-state index contributed by atoms with van der Waals surface area (Å²) in [5, 5.41) is 31.4. The molecule has 0 fully saturated rings. The van der Waals surface area contributed by atoms with E-state index in [0.29, 0.717) is 6.07 Å². The number of hydrogen-bond acceptors (Lipinski definition) is 5. The van der Waals surface area contributed by atoms with E-state index in [-0.39, 0.29) is 6.07 Å². The molecule has 0 aliphatic rings. The number of nitro benzene ring substituents is 1. The van der Waals surface area contributed by atoms with Gasteiger partial charge in [-0.15, -0.1) is 0 Å². The lowest BCUT2D eigenvalue weighted by Crippen LogP contribution is -2.38. The van der Waals surface area contributed by atoms with Crippen LogP contribution in [0.3, 0.4) is 0 Å². The van der Waals surface area contributed by atoms with Crippen molar-refractivity contribution >= 4 is 23.4 Å². The third-order valence-electron chi connectivity index (χ3n) is 2.22. The maximum absolute atomic E-state index is 13.3. The Morgan fingerprint density at radius 1 is 1.33 bits per heavy atom. The van der Waals surface area contributed by atoms with Crippen LogP contribution in [-0.2, 0) is 4.79 Å². The van der Waals surface area contributed by atoms with Crippen LogP contribution < -0.4 is 10.6 Å². The number of aliphatic hydroxyl groups excluding tert-OH is 1. The first kappa shape index (κ1) is 16.2. The van der Waals surface area contributed by atoms with E-state index in [0.717, 1.165) is 0 Å². The van der Waals surface area contributed by atoms with Gasteiger partial charge in [0.25, 0.3) is 0 Å². The lowest BCUT2D eigenvalue weighted by atomic mass is 10.2. The quantitative estimate of drug-likeness (QED) is 0.459. The Hall–Kier alpha value is -2.82. The number of urea groups is 1. The van der Waals surface area contributed by atoms with Crippen molar-refractivity contribution in [3.63, 3.8) is 0 Å². The van der Waals surface area contributed by atoms with Crippen LogP contribution in [0.1, 0.15) is 0 Å². The minimum atomic E-state index is -1.87. The normalized spacial score (nSPS) is 11.6. The molecule has 0 unspecified atom stereocenters. The number of benzene rings is 1. The van der Waals surface area contributed by atoms with Crippen LogP contribution in [0.2, 0.25) is 0 Å². The molecule has 2 amide bonds. The molecule has 1 aromatic rings.